The zero-order chi connectivity index (χ0) is 19.8. The van der Waals surface area contributed by atoms with Gasteiger partial charge < -0.3 is 9.30 Å². The Bertz CT molecular complexity index is 850. The van der Waals surface area contributed by atoms with Crippen molar-refractivity contribution in [3.8, 4) is 0 Å². The van der Waals surface area contributed by atoms with Crippen molar-refractivity contribution in [3.05, 3.63) is 35.5 Å². The van der Waals surface area contributed by atoms with Gasteiger partial charge in [0.05, 0.1) is 18.5 Å². The largest absolute Gasteiger partial charge is 0.469 e. The maximum absolute atomic E-state index is 13.0. The van der Waals surface area contributed by atoms with E-state index in [2.05, 4.69) is 0 Å². The lowest BCUT2D eigenvalue weighted by Crippen LogP contribution is -2.21. The summed E-state index contributed by atoms with van der Waals surface area (Å²) in [5.41, 5.74) is 2.16. The predicted octanol–water partition coefficient (Wildman–Crippen LogP) is 5.24. The third-order valence-electron chi connectivity index (χ3n) is 5.86. The lowest BCUT2D eigenvalue weighted by atomic mass is 9.84. The average Bonchev–Trinajstić information content (AvgIpc) is 3.25. The third kappa shape index (κ3) is 3.80. The number of hydrogen-bond donors (Lipinski definition) is 0. The van der Waals surface area contributed by atoms with E-state index in [1.54, 1.807) is 0 Å². The van der Waals surface area contributed by atoms with Crippen molar-refractivity contribution in [2.75, 3.05) is 7.11 Å². The molecular formula is C23H31NO3. The van der Waals surface area contributed by atoms with E-state index in [0.29, 0.717) is 5.92 Å². The van der Waals surface area contributed by atoms with E-state index in [9.17, 15) is 9.59 Å². The maximum atomic E-state index is 13.0. The van der Waals surface area contributed by atoms with Crippen molar-refractivity contribution in [1.29, 1.82) is 0 Å². The lowest BCUT2D eigenvalue weighted by Gasteiger charge is -2.19. The highest BCUT2D eigenvalue weighted by Crippen LogP contribution is 2.39. The second kappa shape index (κ2) is 7.49. The minimum absolute atomic E-state index is 0.117. The van der Waals surface area contributed by atoms with Crippen molar-refractivity contribution in [1.82, 2.24) is 4.57 Å². The number of ketones is 1. The van der Waals surface area contributed by atoms with Crippen molar-refractivity contribution < 1.29 is 14.3 Å². The Hall–Kier alpha value is -2.10. The summed E-state index contributed by atoms with van der Waals surface area (Å²) in [6.45, 7) is 5.82. The van der Waals surface area contributed by atoms with Crippen LogP contribution in [-0.2, 0) is 16.6 Å². The van der Waals surface area contributed by atoms with Gasteiger partial charge in [-0.1, -0.05) is 58.6 Å². The molecule has 1 atom stereocenters. The summed E-state index contributed by atoms with van der Waals surface area (Å²) in [6, 6.07) is 5.84. The lowest BCUT2D eigenvalue weighted by molar-refractivity contribution is -0.142. The molecule has 27 heavy (non-hydrogen) atoms. The molecule has 146 valence electrons. The van der Waals surface area contributed by atoms with Gasteiger partial charge in [0.2, 0.25) is 0 Å². The highest BCUT2D eigenvalue weighted by atomic mass is 16.5. The number of aryl methyl sites for hydroxylation is 1. The molecule has 0 aliphatic heterocycles. The molecule has 0 saturated heterocycles. The molecule has 0 N–H and O–H groups in total. The first-order valence-corrected chi connectivity index (χ1v) is 9.94. The first-order chi connectivity index (χ1) is 12.7. The summed E-state index contributed by atoms with van der Waals surface area (Å²) in [7, 11) is 3.42. The maximum Gasteiger partial charge on any atom is 0.313 e. The number of benzene rings is 1. The Labute approximate surface area is 161 Å². The van der Waals surface area contributed by atoms with Crippen LogP contribution >= 0.6 is 0 Å². The zero-order valence-corrected chi connectivity index (χ0v) is 17.2. The van der Waals surface area contributed by atoms with E-state index < -0.39 is 5.41 Å². The molecule has 1 aromatic carbocycles. The Morgan fingerprint density at radius 3 is 2.48 bits per heavy atom. The highest BCUT2D eigenvalue weighted by molar-refractivity contribution is 6.10. The molecule has 0 bridgehead atoms. The average molecular weight is 370 g/mol. The predicted molar refractivity (Wildman–Crippen MR) is 108 cm³/mol. The number of carbonyl (C=O) groups is 2. The minimum Gasteiger partial charge on any atom is -0.469 e. The SMILES string of the molecule is COC(=O)C(CC1CCCC1)c1cn(C)c2c(C(=O)C(C)(C)C)cccc12. The Balaban J connectivity index is 2.10. The summed E-state index contributed by atoms with van der Waals surface area (Å²) in [5.74, 6) is 0.235. The van der Waals surface area contributed by atoms with Crippen LogP contribution in [0.2, 0.25) is 0 Å². The summed E-state index contributed by atoms with van der Waals surface area (Å²) >= 11 is 0. The molecule has 1 unspecified atom stereocenters. The smallest absolute Gasteiger partial charge is 0.313 e. The van der Waals surface area contributed by atoms with Gasteiger partial charge in [0.1, 0.15) is 0 Å². The Morgan fingerprint density at radius 1 is 1.22 bits per heavy atom. The number of esters is 1. The Kier molecular flexibility index (Phi) is 5.45. The monoisotopic (exact) mass is 369 g/mol. The van der Waals surface area contributed by atoms with Gasteiger partial charge in [-0.05, 0) is 24.0 Å². The zero-order valence-electron chi connectivity index (χ0n) is 17.2. The van der Waals surface area contributed by atoms with Crippen LogP contribution in [0, 0.1) is 11.3 Å². The first kappa shape index (κ1) is 19.7. The van der Waals surface area contributed by atoms with E-state index in [1.165, 1.54) is 32.8 Å². The van der Waals surface area contributed by atoms with Gasteiger partial charge in [0, 0.05) is 29.6 Å². The number of ether oxygens (including phenoxy) is 1. The quantitative estimate of drug-likeness (QED) is 0.534. The number of nitrogens with zero attached hydrogens (tertiary/aromatic N) is 1. The van der Waals surface area contributed by atoms with E-state index in [4.69, 9.17) is 4.74 Å². The number of carbonyl (C=O) groups excluding carboxylic acids is 2. The Morgan fingerprint density at radius 2 is 1.89 bits per heavy atom. The van der Waals surface area contributed by atoms with Gasteiger partial charge in [-0.3, -0.25) is 9.59 Å². The molecule has 1 aliphatic carbocycles. The van der Waals surface area contributed by atoms with Crippen molar-refractivity contribution >= 4 is 22.7 Å². The molecule has 2 aromatic rings. The van der Waals surface area contributed by atoms with Crippen LogP contribution in [0.3, 0.4) is 0 Å². The topological polar surface area (TPSA) is 48.3 Å². The molecular weight excluding hydrogens is 338 g/mol. The summed E-state index contributed by atoms with van der Waals surface area (Å²) < 4.78 is 7.15. The third-order valence-corrected chi connectivity index (χ3v) is 5.86. The number of aromatic nitrogens is 1. The minimum atomic E-state index is -0.454. The standard InChI is InChI=1S/C23H31NO3/c1-23(2,3)21(25)17-12-8-11-16-19(14-24(4)20(16)17)18(22(26)27-5)13-15-9-6-7-10-15/h8,11-12,14-15,18H,6-7,9-10,13H2,1-5H3. The van der Waals surface area contributed by atoms with E-state index >= 15 is 0 Å². The van der Waals surface area contributed by atoms with Gasteiger partial charge in [-0.2, -0.15) is 0 Å². The van der Waals surface area contributed by atoms with Crippen LogP contribution < -0.4 is 0 Å². The molecule has 1 aliphatic rings. The van der Waals surface area contributed by atoms with E-state index in [-0.39, 0.29) is 17.7 Å². The van der Waals surface area contributed by atoms with Gasteiger partial charge in [-0.15, -0.1) is 0 Å². The first-order valence-electron chi connectivity index (χ1n) is 9.94. The highest BCUT2D eigenvalue weighted by Gasteiger charge is 2.31. The molecule has 0 amide bonds. The van der Waals surface area contributed by atoms with Crippen LogP contribution in [0.1, 0.15) is 74.7 Å². The second-order valence-electron chi connectivity index (χ2n) is 8.94. The molecule has 1 fully saturated rings. The number of Topliss-reactive ketones (excluding diaryl/α,β-unsaturated/α-hetero) is 1. The van der Waals surface area contributed by atoms with Crippen LogP contribution in [0.4, 0.5) is 0 Å². The normalized spacial score (nSPS) is 16.6. The molecule has 3 rings (SSSR count). The van der Waals surface area contributed by atoms with E-state index in [1.807, 2.05) is 56.8 Å². The van der Waals surface area contributed by atoms with Crippen molar-refractivity contribution in [2.45, 2.75) is 58.8 Å². The summed E-state index contributed by atoms with van der Waals surface area (Å²) in [4.78, 5) is 25.6. The van der Waals surface area contributed by atoms with E-state index in [0.717, 1.165) is 28.5 Å². The second-order valence-corrected chi connectivity index (χ2v) is 8.94. The van der Waals surface area contributed by atoms with Gasteiger partial charge in [0.15, 0.2) is 5.78 Å². The van der Waals surface area contributed by atoms with Gasteiger partial charge in [-0.25, -0.2) is 0 Å². The number of methoxy groups -OCH3 is 1. The van der Waals surface area contributed by atoms with Crippen molar-refractivity contribution in [3.63, 3.8) is 0 Å². The number of hydrogen-bond acceptors (Lipinski definition) is 3. The fourth-order valence-corrected chi connectivity index (χ4v) is 4.44. The summed E-state index contributed by atoms with van der Waals surface area (Å²) in [6.07, 6.45) is 7.71. The molecule has 0 radical (unpaired) electrons. The molecule has 1 aromatic heterocycles. The molecule has 0 spiro atoms. The van der Waals surface area contributed by atoms with Crippen LogP contribution in [0.5, 0.6) is 0 Å². The number of rotatable bonds is 5. The molecule has 4 heteroatoms. The molecule has 1 saturated carbocycles. The van der Waals surface area contributed by atoms with Crippen LogP contribution in [-0.4, -0.2) is 23.4 Å². The fraction of sp³-hybridized carbons (Fsp3) is 0.565. The van der Waals surface area contributed by atoms with Gasteiger partial charge >= 0.3 is 5.97 Å². The molecule has 4 nitrogen and oxygen atoms in total. The van der Waals surface area contributed by atoms with Crippen LogP contribution in [0.25, 0.3) is 10.9 Å². The summed E-state index contributed by atoms with van der Waals surface area (Å²) in [5, 5.41) is 0.987. The van der Waals surface area contributed by atoms with Crippen LogP contribution in [0.15, 0.2) is 24.4 Å². The fourth-order valence-electron chi connectivity index (χ4n) is 4.44. The number of para-hydroxylation sites is 1. The van der Waals surface area contributed by atoms with Gasteiger partial charge in [0.25, 0.3) is 0 Å². The molecule has 1 heterocycles. The number of fused-ring (bicyclic) bond motifs is 1. The van der Waals surface area contributed by atoms with Crippen molar-refractivity contribution in [2.24, 2.45) is 18.4 Å².